The highest BCUT2D eigenvalue weighted by Gasteiger charge is 2.16. The van der Waals surface area contributed by atoms with Gasteiger partial charge in [0.25, 0.3) is 0 Å². The van der Waals surface area contributed by atoms with E-state index in [4.69, 9.17) is 24.9 Å². The highest BCUT2D eigenvalue weighted by Crippen LogP contribution is 2.20. The van der Waals surface area contributed by atoms with Gasteiger partial charge in [0, 0.05) is 26.2 Å². The normalized spacial score (nSPS) is 10.8. The number of aromatic nitrogens is 3. The molecule has 0 amide bonds. The van der Waals surface area contributed by atoms with E-state index in [-0.39, 0.29) is 0 Å². The molecule has 0 radical (unpaired) electrons. The molecule has 0 fully saturated rings. The van der Waals surface area contributed by atoms with Crippen molar-refractivity contribution >= 4 is 11.9 Å². The van der Waals surface area contributed by atoms with E-state index in [1.807, 2.05) is 36.4 Å². The van der Waals surface area contributed by atoms with Crippen molar-refractivity contribution in [2.75, 3.05) is 56.3 Å². The minimum Gasteiger partial charge on any atom is -0.463 e. The van der Waals surface area contributed by atoms with Crippen molar-refractivity contribution in [3.05, 3.63) is 71.8 Å². The summed E-state index contributed by atoms with van der Waals surface area (Å²) in [7, 11) is 0. The van der Waals surface area contributed by atoms with Crippen LogP contribution < -0.4 is 20.7 Å². The summed E-state index contributed by atoms with van der Waals surface area (Å²) in [6.45, 7) is 7.12. The first kappa shape index (κ1) is 27.3. The van der Waals surface area contributed by atoms with Crippen LogP contribution in [-0.2, 0) is 22.6 Å². The van der Waals surface area contributed by atoms with E-state index < -0.39 is 0 Å². The molecule has 3 aromatic rings. The van der Waals surface area contributed by atoms with Crippen molar-refractivity contribution in [2.45, 2.75) is 32.9 Å². The number of nitrogens with zero attached hydrogens (tertiary/aromatic N) is 4. The molecule has 9 heteroatoms. The smallest absolute Gasteiger partial charge is 0.323 e. The summed E-state index contributed by atoms with van der Waals surface area (Å²) in [4.78, 5) is 16.0. The van der Waals surface area contributed by atoms with Crippen LogP contribution in [0.3, 0.4) is 0 Å². The SMILES string of the molecule is CCCCOc1nc(NCCOCCOCCN)nc(N(Cc2ccccc2)Cc2ccccc2)n1. The third kappa shape index (κ3) is 10.2. The lowest BCUT2D eigenvalue weighted by atomic mass is 10.2. The Morgan fingerprint density at radius 1 is 0.778 bits per heavy atom. The molecule has 0 unspecified atom stereocenters. The monoisotopic (exact) mass is 494 g/mol. The average Bonchev–Trinajstić information content (AvgIpc) is 2.91. The molecule has 194 valence electrons. The van der Waals surface area contributed by atoms with Crippen molar-refractivity contribution in [1.29, 1.82) is 0 Å². The first-order valence-electron chi connectivity index (χ1n) is 12.6. The van der Waals surface area contributed by atoms with Crippen LogP contribution in [-0.4, -0.2) is 61.1 Å². The fraction of sp³-hybridized carbons (Fsp3) is 0.444. The predicted molar refractivity (Wildman–Crippen MR) is 142 cm³/mol. The van der Waals surface area contributed by atoms with Crippen molar-refractivity contribution in [1.82, 2.24) is 15.0 Å². The fourth-order valence-electron chi connectivity index (χ4n) is 3.38. The predicted octanol–water partition coefficient (Wildman–Crippen LogP) is 3.66. The number of benzene rings is 2. The van der Waals surface area contributed by atoms with Gasteiger partial charge < -0.3 is 30.2 Å². The minimum atomic E-state index is 0.318. The van der Waals surface area contributed by atoms with Crippen LogP contribution in [0.2, 0.25) is 0 Å². The van der Waals surface area contributed by atoms with Gasteiger partial charge in [0.05, 0.1) is 33.0 Å². The Bertz CT molecular complexity index is 936. The molecule has 9 nitrogen and oxygen atoms in total. The van der Waals surface area contributed by atoms with Gasteiger partial charge in [-0.3, -0.25) is 0 Å². The minimum absolute atomic E-state index is 0.318. The second-order valence-electron chi connectivity index (χ2n) is 8.21. The summed E-state index contributed by atoms with van der Waals surface area (Å²) in [5, 5.41) is 3.25. The maximum Gasteiger partial charge on any atom is 0.323 e. The van der Waals surface area contributed by atoms with Gasteiger partial charge in [-0.25, -0.2) is 0 Å². The Kier molecular flexibility index (Phi) is 12.5. The number of hydrogen-bond acceptors (Lipinski definition) is 9. The van der Waals surface area contributed by atoms with Crippen LogP contribution in [0.25, 0.3) is 0 Å². The Labute approximate surface area is 214 Å². The Hall–Kier alpha value is -3.27. The molecule has 0 aliphatic carbocycles. The van der Waals surface area contributed by atoms with E-state index in [0.717, 1.165) is 12.8 Å². The van der Waals surface area contributed by atoms with Gasteiger partial charge in [-0.1, -0.05) is 74.0 Å². The molecule has 1 heterocycles. The number of ether oxygens (including phenoxy) is 3. The van der Waals surface area contributed by atoms with Gasteiger partial charge in [0.1, 0.15) is 0 Å². The number of nitrogens with two attached hydrogens (primary N) is 1. The lowest BCUT2D eigenvalue weighted by Crippen LogP contribution is -2.25. The first-order valence-corrected chi connectivity index (χ1v) is 12.6. The maximum atomic E-state index is 5.87. The molecule has 0 saturated carbocycles. The number of unbranched alkanes of at least 4 members (excludes halogenated alkanes) is 1. The quantitative estimate of drug-likeness (QED) is 0.256. The Morgan fingerprint density at radius 3 is 2.03 bits per heavy atom. The number of anilines is 2. The number of hydrogen-bond donors (Lipinski definition) is 2. The van der Waals surface area contributed by atoms with Gasteiger partial charge >= 0.3 is 6.01 Å². The zero-order valence-corrected chi connectivity index (χ0v) is 21.1. The highest BCUT2D eigenvalue weighted by atomic mass is 16.5. The molecular formula is C27H38N6O3. The molecular weight excluding hydrogens is 456 g/mol. The van der Waals surface area contributed by atoms with Crippen molar-refractivity contribution in [2.24, 2.45) is 5.73 Å². The molecule has 0 aliphatic heterocycles. The van der Waals surface area contributed by atoms with Gasteiger partial charge in [0.2, 0.25) is 11.9 Å². The summed E-state index contributed by atoms with van der Waals surface area (Å²) in [5.74, 6) is 1.02. The molecule has 2 aromatic carbocycles. The zero-order chi connectivity index (χ0) is 25.3. The Morgan fingerprint density at radius 2 is 1.42 bits per heavy atom. The largest absolute Gasteiger partial charge is 0.463 e. The van der Waals surface area contributed by atoms with Crippen LogP contribution >= 0.6 is 0 Å². The molecule has 0 atom stereocenters. The van der Waals surface area contributed by atoms with Crippen LogP contribution in [0.15, 0.2) is 60.7 Å². The van der Waals surface area contributed by atoms with E-state index in [0.29, 0.717) is 77.1 Å². The summed E-state index contributed by atoms with van der Waals surface area (Å²) in [6.07, 6.45) is 1.96. The third-order valence-corrected chi connectivity index (χ3v) is 5.21. The van der Waals surface area contributed by atoms with E-state index in [1.54, 1.807) is 0 Å². The molecule has 0 saturated heterocycles. The Balaban J connectivity index is 1.73. The molecule has 3 rings (SSSR count). The van der Waals surface area contributed by atoms with Gasteiger partial charge in [-0.05, 0) is 17.5 Å². The van der Waals surface area contributed by atoms with Gasteiger partial charge in [0.15, 0.2) is 0 Å². The lowest BCUT2D eigenvalue weighted by Gasteiger charge is -2.24. The highest BCUT2D eigenvalue weighted by molar-refractivity contribution is 5.40. The third-order valence-electron chi connectivity index (χ3n) is 5.21. The molecule has 0 spiro atoms. The number of rotatable bonds is 18. The molecule has 0 bridgehead atoms. The fourth-order valence-corrected chi connectivity index (χ4v) is 3.38. The van der Waals surface area contributed by atoms with E-state index in [2.05, 4.69) is 51.4 Å². The van der Waals surface area contributed by atoms with Crippen LogP contribution in [0.4, 0.5) is 11.9 Å². The van der Waals surface area contributed by atoms with Crippen LogP contribution in [0.5, 0.6) is 6.01 Å². The van der Waals surface area contributed by atoms with Gasteiger partial charge in [-0.2, -0.15) is 15.0 Å². The first-order chi connectivity index (χ1) is 17.8. The summed E-state index contributed by atoms with van der Waals surface area (Å²) in [6, 6.07) is 20.9. The molecule has 36 heavy (non-hydrogen) atoms. The summed E-state index contributed by atoms with van der Waals surface area (Å²) < 4.78 is 16.8. The van der Waals surface area contributed by atoms with Crippen LogP contribution in [0.1, 0.15) is 30.9 Å². The lowest BCUT2D eigenvalue weighted by molar-refractivity contribution is 0.0547. The molecule has 0 aliphatic rings. The van der Waals surface area contributed by atoms with Crippen LogP contribution in [0, 0.1) is 0 Å². The summed E-state index contributed by atoms with van der Waals surface area (Å²) in [5.41, 5.74) is 7.75. The maximum absolute atomic E-state index is 5.87. The van der Waals surface area contributed by atoms with Crippen molar-refractivity contribution < 1.29 is 14.2 Å². The molecule has 3 N–H and O–H groups in total. The topological polar surface area (TPSA) is 108 Å². The van der Waals surface area contributed by atoms with Crippen molar-refractivity contribution in [3.63, 3.8) is 0 Å². The van der Waals surface area contributed by atoms with E-state index >= 15 is 0 Å². The molecule has 1 aromatic heterocycles. The standard InChI is InChI=1S/C27H38N6O3/c1-2-3-16-36-27-31-25(29-15-18-35-20-19-34-17-14-28)30-26(32-27)33(21-23-10-6-4-7-11-23)22-24-12-8-5-9-13-24/h4-13H,2-3,14-22,28H2,1H3,(H,29,30,31,32). The summed E-state index contributed by atoms with van der Waals surface area (Å²) >= 11 is 0. The second kappa shape index (κ2) is 16.4. The van der Waals surface area contributed by atoms with Crippen molar-refractivity contribution in [3.8, 4) is 6.01 Å². The zero-order valence-electron chi connectivity index (χ0n) is 21.1. The number of nitrogens with one attached hydrogen (secondary N) is 1. The van der Waals surface area contributed by atoms with E-state index in [9.17, 15) is 0 Å². The van der Waals surface area contributed by atoms with Gasteiger partial charge in [-0.15, -0.1) is 0 Å². The second-order valence-corrected chi connectivity index (χ2v) is 8.21. The van der Waals surface area contributed by atoms with E-state index in [1.165, 1.54) is 11.1 Å². The average molecular weight is 495 g/mol.